The van der Waals surface area contributed by atoms with Crippen LogP contribution in [0.2, 0.25) is 0 Å². The number of carbonyl (C=O) groups is 1. The zero-order valence-corrected chi connectivity index (χ0v) is 18.0. The number of carbonyl (C=O) groups excluding carboxylic acids is 1. The first-order valence-electron chi connectivity index (χ1n) is 11.4. The Bertz CT molecular complexity index is 1220. The Hall–Kier alpha value is -3.47. The van der Waals surface area contributed by atoms with Crippen LogP contribution in [0, 0.1) is 11.6 Å². The standard InChI is InChI=1S/C28H23F2NO2/c29-19-11-17(12-20(30)15-19)18-13-21-9-10-22(14-18)31(21)28(32)33-16-27-25-7-3-1-5-23(25)24-6-2-4-8-26(24)27/h1-8,11-13,15,21-22,27H,9-10,14,16H2. The minimum Gasteiger partial charge on any atom is -0.448 e. The molecule has 5 heteroatoms. The summed E-state index contributed by atoms with van der Waals surface area (Å²) in [5.74, 6) is -1.15. The van der Waals surface area contributed by atoms with Crippen LogP contribution in [0.4, 0.5) is 13.6 Å². The average Bonchev–Trinajstić information content (AvgIpc) is 3.27. The van der Waals surface area contributed by atoms with E-state index in [0.29, 0.717) is 12.0 Å². The summed E-state index contributed by atoms with van der Waals surface area (Å²) in [7, 11) is 0. The first-order chi connectivity index (χ1) is 16.1. The van der Waals surface area contributed by atoms with Crippen molar-refractivity contribution in [2.45, 2.75) is 37.3 Å². The summed E-state index contributed by atoms with van der Waals surface area (Å²) in [6.45, 7) is 0.286. The molecule has 0 N–H and O–H groups in total. The Morgan fingerprint density at radius 2 is 1.55 bits per heavy atom. The molecule has 1 saturated heterocycles. The molecule has 1 amide bonds. The van der Waals surface area contributed by atoms with Gasteiger partial charge in [0.2, 0.25) is 0 Å². The lowest BCUT2D eigenvalue weighted by Gasteiger charge is -2.33. The second-order valence-electron chi connectivity index (χ2n) is 9.06. The van der Waals surface area contributed by atoms with E-state index >= 15 is 0 Å². The Labute approximate surface area is 191 Å². The van der Waals surface area contributed by atoms with E-state index in [1.165, 1.54) is 34.4 Å². The minimum absolute atomic E-state index is 0.0167. The van der Waals surface area contributed by atoms with Crippen LogP contribution in [0.15, 0.2) is 72.8 Å². The van der Waals surface area contributed by atoms with E-state index in [1.54, 1.807) is 0 Å². The van der Waals surface area contributed by atoms with Crippen LogP contribution in [0.1, 0.15) is 41.9 Å². The predicted molar refractivity (Wildman–Crippen MR) is 123 cm³/mol. The quantitative estimate of drug-likeness (QED) is 0.460. The molecule has 1 fully saturated rings. The van der Waals surface area contributed by atoms with Crippen molar-refractivity contribution in [3.05, 3.63) is 101 Å². The smallest absolute Gasteiger partial charge is 0.410 e. The highest BCUT2D eigenvalue weighted by molar-refractivity contribution is 5.79. The Kier molecular flexibility index (Phi) is 4.79. The molecule has 166 valence electrons. The molecule has 6 rings (SSSR count). The molecule has 0 aromatic heterocycles. The third-order valence-corrected chi connectivity index (χ3v) is 7.18. The van der Waals surface area contributed by atoms with Crippen molar-refractivity contribution >= 4 is 11.7 Å². The molecule has 2 aliphatic heterocycles. The number of fused-ring (bicyclic) bond motifs is 5. The van der Waals surface area contributed by atoms with Crippen LogP contribution in [0.3, 0.4) is 0 Å². The molecule has 0 radical (unpaired) electrons. The van der Waals surface area contributed by atoms with Gasteiger partial charge in [0.15, 0.2) is 0 Å². The molecule has 3 aromatic carbocycles. The van der Waals surface area contributed by atoms with Crippen molar-refractivity contribution in [2.75, 3.05) is 6.61 Å². The van der Waals surface area contributed by atoms with Gasteiger partial charge in [-0.3, -0.25) is 4.90 Å². The maximum Gasteiger partial charge on any atom is 0.410 e. The van der Waals surface area contributed by atoms with Gasteiger partial charge in [0.05, 0.1) is 6.04 Å². The fourth-order valence-corrected chi connectivity index (χ4v) is 5.74. The SMILES string of the molecule is O=C(OCC1c2ccccc2-c2ccccc21)N1C2C=C(c3cc(F)cc(F)c3)CC1CC2. The summed E-state index contributed by atoms with van der Waals surface area (Å²) in [6.07, 6.45) is 3.91. The highest BCUT2D eigenvalue weighted by Crippen LogP contribution is 2.45. The van der Waals surface area contributed by atoms with Gasteiger partial charge in [0.25, 0.3) is 0 Å². The van der Waals surface area contributed by atoms with Crippen molar-refractivity contribution in [2.24, 2.45) is 0 Å². The van der Waals surface area contributed by atoms with Gasteiger partial charge in [-0.25, -0.2) is 13.6 Å². The Balaban J connectivity index is 1.21. The third kappa shape index (κ3) is 3.43. The van der Waals surface area contributed by atoms with E-state index < -0.39 is 11.6 Å². The van der Waals surface area contributed by atoms with E-state index in [1.807, 2.05) is 35.2 Å². The zero-order valence-electron chi connectivity index (χ0n) is 18.0. The van der Waals surface area contributed by atoms with Gasteiger partial charge in [-0.05, 0) is 64.8 Å². The van der Waals surface area contributed by atoms with Crippen molar-refractivity contribution < 1.29 is 18.3 Å². The first-order valence-corrected chi connectivity index (χ1v) is 11.4. The molecule has 2 unspecified atom stereocenters. The van der Waals surface area contributed by atoms with Crippen LogP contribution in [-0.2, 0) is 4.74 Å². The van der Waals surface area contributed by atoms with Crippen molar-refractivity contribution in [1.29, 1.82) is 0 Å². The molecular weight excluding hydrogens is 420 g/mol. The molecule has 0 spiro atoms. The van der Waals surface area contributed by atoms with E-state index in [9.17, 15) is 13.6 Å². The van der Waals surface area contributed by atoms with Gasteiger partial charge in [-0.2, -0.15) is 0 Å². The summed E-state index contributed by atoms with van der Waals surface area (Å²) in [6, 6.07) is 20.0. The maximum atomic E-state index is 13.7. The van der Waals surface area contributed by atoms with Gasteiger partial charge in [0, 0.05) is 18.0 Å². The molecule has 1 aliphatic carbocycles. The number of hydrogen-bond acceptors (Lipinski definition) is 2. The fraction of sp³-hybridized carbons (Fsp3) is 0.250. The lowest BCUT2D eigenvalue weighted by Crippen LogP contribution is -2.43. The number of rotatable bonds is 3. The number of nitrogens with zero attached hydrogens (tertiary/aromatic N) is 1. The van der Waals surface area contributed by atoms with Gasteiger partial charge in [-0.1, -0.05) is 54.6 Å². The van der Waals surface area contributed by atoms with Crippen LogP contribution >= 0.6 is 0 Å². The number of amides is 1. The highest BCUT2D eigenvalue weighted by Gasteiger charge is 2.41. The van der Waals surface area contributed by atoms with Crippen LogP contribution < -0.4 is 0 Å². The number of ether oxygens (including phenoxy) is 1. The normalized spacial score (nSPS) is 20.9. The van der Waals surface area contributed by atoms with Gasteiger partial charge >= 0.3 is 6.09 Å². The summed E-state index contributed by atoms with van der Waals surface area (Å²) in [4.78, 5) is 15.0. The minimum atomic E-state index is -0.586. The van der Waals surface area contributed by atoms with E-state index in [4.69, 9.17) is 4.74 Å². The molecule has 3 aromatic rings. The lowest BCUT2D eigenvalue weighted by atomic mass is 9.95. The van der Waals surface area contributed by atoms with E-state index in [0.717, 1.165) is 24.5 Å². The van der Waals surface area contributed by atoms with Crippen LogP contribution in [0.5, 0.6) is 0 Å². The summed E-state index contributed by atoms with van der Waals surface area (Å²) in [5, 5.41) is 0. The van der Waals surface area contributed by atoms with Gasteiger partial charge in [0.1, 0.15) is 18.2 Å². The molecule has 3 nitrogen and oxygen atoms in total. The second kappa shape index (κ2) is 7.84. The molecule has 0 saturated carbocycles. The largest absolute Gasteiger partial charge is 0.448 e. The zero-order chi connectivity index (χ0) is 22.5. The maximum absolute atomic E-state index is 13.7. The first kappa shape index (κ1) is 20.2. The molecule has 3 aliphatic rings. The number of hydrogen-bond donors (Lipinski definition) is 0. The summed E-state index contributed by atoms with van der Waals surface area (Å²) >= 11 is 0. The van der Waals surface area contributed by atoms with Crippen molar-refractivity contribution in [3.63, 3.8) is 0 Å². The highest BCUT2D eigenvalue weighted by atomic mass is 19.1. The molecule has 2 heterocycles. The van der Waals surface area contributed by atoms with Gasteiger partial charge in [-0.15, -0.1) is 0 Å². The third-order valence-electron chi connectivity index (χ3n) is 7.18. The summed E-state index contributed by atoms with van der Waals surface area (Å²) < 4.78 is 33.3. The van der Waals surface area contributed by atoms with E-state index in [2.05, 4.69) is 24.3 Å². The van der Waals surface area contributed by atoms with E-state index in [-0.39, 0.29) is 30.7 Å². The average molecular weight is 443 g/mol. The number of halogens is 2. The summed E-state index contributed by atoms with van der Waals surface area (Å²) in [5.41, 5.74) is 6.20. The van der Waals surface area contributed by atoms with Crippen molar-refractivity contribution in [3.8, 4) is 11.1 Å². The van der Waals surface area contributed by atoms with Crippen LogP contribution in [0.25, 0.3) is 16.7 Å². The Morgan fingerprint density at radius 3 is 2.18 bits per heavy atom. The Morgan fingerprint density at radius 1 is 0.909 bits per heavy atom. The predicted octanol–water partition coefficient (Wildman–Crippen LogP) is 6.53. The van der Waals surface area contributed by atoms with Gasteiger partial charge < -0.3 is 4.74 Å². The monoisotopic (exact) mass is 443 g/mol. The molecule has 2 bridgehead atoms. The van der Waals surface area contributed by atoms with Crippen LogP contribution in [-0.4, -0.2) is 29.7 Å². The topological polar surface area (TPSA) is 29.5 Å². The van der Waals surface area contributed by atoms with Crippen molar-refractivity contribution in [1.82, 2.24) is 4.90 Å². The lowest BCUT2D eigenvalue weighted by molar-refractivity contribution is 0.0866. The fourth-order valence-electron chi connectivity index (χ4n) is 5.74. The molecular formula is C28H23F2NO2. The second-order valence-corrected chi connectivity index (χ2v) is 9.06. The molecule has 2 atom stereocenters. The number of benzene rings is 3. The molecule has 33 heavy (non-hydrogen) atoms.